The van der Waals surface area contributed by atoms with Crippen LogP contribution in [-0.2, 0) is 11.2 Å². The number of ether oxygens (including phenoxy) is 1. The summed E-state index contributed by atoms with van der Waals surface area (Å²) in [5.74, 6) is 0.933. The summed E-state index contributed by atoms with van der Waals surface area (Å²) in [6, 6.07) is 6.48. The lowest BCUT2D eigenvalue weighted by atomic mass is 9.87. The molecule has 2 rings (SSSR count). The molecule has 1 aliphatic rings. The maximum atomic E-state index is 11.5. The number of nitrogens with one attached hydrogen (secondary N) is 2. The van der Waals surface area contributed by atoms with E-state index in [-0.39, 0.29) is 11.9 Å². The molecule has 1 atom stereocenters. The molecule has 0 aliphatic heterocycles. The predicted molar refractivity (Wildman–Crippen MR) is 75.4 cm³/mol. The molecule has 0 aromatic heterocycles. The summed E-state index contributed by atoms with van der Waals surface area (Å²) in [7, 11) is 1.68. The highest BCUT2D eigenvalue weighted by Gasteiger charge is 2.20. The minimum Gasteiger partial charge on any atom is -0.497 e. The van der Waals surface area contributed by atoms with Gasteiger partial charge in [-0.25, -0.2) is 0 Å². The van der Waals surface area contributed by atoms with Crippen LogP contribution in [0.3, 0.4) is 0 Å². The maximum absolute atomic E-state index is 11.5. The molecule has 104 valence electrons. The summed E-state index contributed by atoms with van der Waals surface area (Å²) in [6.07, 6.45) is 3.34. The monoisotopic (exact) mass is 262 g/mol. The van der Waals surface area contributed by atoms with E-state index in [4.69, 9.17) is 4.74 Å². The average Bonchev–Trinajstić information content (AvgIpc) is 2.44. The van der Waals surface area contributed by atoms with E-state index in [1.165, 1.54) is 11.1 Å². The molecule has 2 N–H and O–H groups in total. The van der Waals surface area contributed by atoms with Crippen LogP contribution in [0.5, 0.6) is 5.75 Å². The summed E-state index contributed by atoms with van der Waals surface area (Å²) in [4.78, 5) is 11.5. The zero-order valence-electron chi connectivity index (χ0n) is 11.7. The fourth-order valence-corrected chi connectivity index (χ4v) is 2.59. The predicted octanol–water partition coefficient (Wildman–Crippen LogP) is 1.80. The third kappa shape index (κ3) is 3.47. The van der Waals surface area contributed by atoms with E-state index in [2.05, 4.69) is 22.8 Å². The minimum absolute atomic E-state index is 0.0533. The van der Waals surface area contributed by atoms with Gasteiger partial charge in [0.05, 0.1) is 13.7 Å². The molecule has 4 heteroatoms. The summed E-state index contributed by atoms with van der Waals surface area (Å²) < 4.78 is 5.29. The zero-order valence-corrected chi connectivity index (χ0v) is 11.7. The van der Waals surface area contributed by atoms with Crippen molar-refractivity contribution in [1.29, 1.82) is 0 Å². The normalized spacial score (nSPS) is 17.7. The van der Waals surface area contributed by atoms with Gasteiger partial charge in [-0.2, -0.15) is 0 Å². The Morgan fingerprint density at radius 2 is 2.32 bits per heavy atom. The van der Waals surface area contributed by atoms with Crippen LogP contribution in [0.1, 0.15) is 36.9 Å². The third-order valence-electron chi connectivity index (χ3n) is 3.55. The first-order valence-corrected chi connectivity index (χ1v) is 6.91. The molecule has 0 heterocycles. The topological polar surface area (TPSA) is 50.4 Å². The van der Waals surface area contributed by atoms with E-state index >= 15 is 0 Å². The molecular weight excluding hydrogens is 240 g/mol. The second-order valence-corrected chi connectivity index (χ2v) is 4.84. The molecule has 1 unspecified atom stereocenters. The number of hydrogen-bond donors (Lipinski definition) is 2. The Morgan fingerprint density at radius 1 is 1.47 bits per heavy atom. The van der Waals surface area contributed by atoms with Gasteiger partial charge in [0.1, 0.15) is 5.75 Å². The fraction of sp³-hybridized carbons (Fsp3) is 0.533. The molecule has 0 bridgehead atoms. The molecule has 19 heavy (non-hydrogen) atoms. The Kier molecular flexibility index (Phi) is 4.80. The van der Waals surface area contributed by atoms with Gasteiger partial charge in [0, 0.05) is 12.6 Å². The molecule has 0 saturated heterocycles. The second kappa shape index (κ2) is 6.57. The van der Waals surface area contributed by atoms with Crippen molar-refractivity contribution in [1.82, 2.24) is 10.6 Å². The molecule has 4 nitrogen and oxygen atoms in total. The van der Waals surface area contributed by atoms with Crippen LogP contribution in [0.4, 0.5) is 0 Å². The van der Waals surface area contributed by atoms with Crippen molar-refractivity contribution < 1.29 is 9.53 Å². The summed E-state index contributed by atoms with van der Waals surface area (Å²) in [5.41, 5.74) is 2.63. The van der Waals surface area contributed by atoms with Crippen LogP contribution in [0.25, 0.3) is 0 Å². The maximum Gasteiger partial charge on any atom is 0.233 e. The number of amides is 1. The van der Waals surface area contributed by atoms with Crippen molar-refractivity contribution in [3.63, 3.8) is 0 Å². The van der Waals surface area contributed by atoms with Crippen LogP contribution >= 0.6 is 0 Å². The number of fused-ring (bicyclic) bond motifs is 1. The summed E-state index contributed by atoms with van der Waals surface area (Å²) in [6.45, 7) is 2.98. The van der Waals surface area contributed by atoms with E-state index < -0.39 is 0 Å². The molecule has 1 amide bonds. The molecule has 1 aromatic rings. The third-order valence-corrected chi connectivity index (χ3v) is 3.55. The van der Waals surface area contributed by atoms with Crippen LogP contribution in [0.15, 0.2) is 18.2 Å². The van der Waals surface area contributed by atoms with Gasteiger partial charge in [-0.05, 0) is 49.4 Å². The average molecular weight is 262 g/mol. The van der Waals surface area contributed by atoms with Gasteiger partial charge in [0.2, 0.25) is 5.91 Å². The van der Waals surface area contributed by atoms with Crippen LogP contribution in [0.2, 0.25) is 0 Å². The van der Waals surface area contributed by atoms with E-state index in [9.17, 15) is 4.79 Å². The number of hydrogen-bond acceptors (Lipinski definition) is 3. The van der Waals surface area contributed by atoms with Gasteiger partial charge in [-0.3, -0.25) is 4.79 Å². The standard InChI is InChI=1S/C15H22N2O2/c1-3-16-15(18)10-17-14-6-4-5-11-7-8-12(19-2)9-13(11)14/h7-9,14,17H,3-6,10H2,1-2H3,(H,16,18). The van der Waals surface area contributed by atoms with Crippen molar-refractivity contribution in [2.75, 3.05) is 20.2 Å². The number of carbonyl (C=O) groups is 1. The largest absolute Gasteiger partial charge is 0.497 e. The molecule has 0 radical (unpaired) electrons. The number of likely N-dealkylation sites (N-methyl/N-ethyl adjacent to an activating group) is 1. The van der Waals surface area contributed by atoms with E-state index in [1.807, 2.05) is 13.0 Å². The lowest BCUT2D eigenvalue weighted by molar-refractivity contribution is -0.120. The van der Waals surface area contributed by atoms with E-state index in [0.29, 0.717) is 13.1 Å². The van der Waals surface area contributed by atoms with Gasteiger partial charge in [-0.15, -0.1) is 0 Å². The molecule has 0 spiro atoms. The van der Waals surface area contributed by atoms with Crippen molar-refractivity contribution in [3.8, 4) is 5.75 Å². The SMILES string of the molecule is CCNC(=O)CNC1CCCc2ccc(OC)cc21. The van der Waals surface area contributed by atoms with E-state index in [0.717, 1.165) is 25.0 Å². The fourth-order valence-electron chi connectivity index (χ4n) is 2.59. The lowest BCUT2D eigenvalue weighted by Crippen LogP contribution is -2.36. The second-order valence-electron chi connectivity index (χ2n) is 4.84. The first kappa shape index (κ1) is 13.9. The minimum atomic E-state index is 0.0533. The Hall–Kier alpha value is -1.55. The Bertz CT molecular complexity index is 446. The Labute approximate surface area is 114 Å². The highest BCUT2D eigenvalue weighted by atomic mass is 16.5. The molecule has 0 saturated carbocycles. The van der Waals surface area contributed by atoms with Crippen LogP contribution in [0, 0.1) is 0 Å². The number of carbonyl (C=O) groups excluding carboxylic acids is 1. The summed E-state index contributed by atoms with van der Waals surface area (Å²) >= 11 is 0. The lowest BCUT2D eigenvalue weighted by Gasteiger charge is -2.26. The number of aryl methyl sites for hydroxylation is 1. The number of benzene rings is 1. The van der Waals surface area contributed by atoms with Gasteiger partial charge in [-0.1, -0.05) is 6.07 Å². The van der Waals surface area contributed by atoms with Crippen LogP contribution in [-0.4, -0.2) is 26.1 Å². The van der Waals surface area contributed by atoms with Gasteiger partial charge >= 0.3 is 0 Å². The highest BCUT2D eigenvalue weighted by Crippen LogP contribution is 2.32. The van der Waals surface area contributed by atoms with Crippen molar-refractivity contribution >= 4 is 5.91 Å². The zero-order chi connectivity index (χ0) is 13.7. The number of methoxy groups -OCH3 is 1. The first-order valence-electron chi connectivity index (χ1n) is 6.91. The smallest absolute Gasteiger partial charge is 0.233 e. The highest BCUT2D eigenvalue weighted by molar-refractivity contribution is 5.77. The molecular formula is C15H22N2O2. The van der Waals surface area contributed by atoms with Gasteiger partial charge in [0.25, 0.3) is 0 Å². The molecule has 1 aliphatic carbocycles. The van der Waals surface area contributed by atoms with Crippen molar-refractivity contribution in [2.45, 2.75) is 32.2 Å². The Morgan fingerprint density at radius 3 is 3.05 bits per heavy atom. The first-order chi connectivity index (χ1) is 9.24. The number of rotatable bonds is 5. The Balaban J connectivity index is 2.06. The van der Waals surface area contributed by atoms with Crippen LogP contribution < -0.4 is 15.4 Å². The molecule has 0 fully saturated rings. The summed E-state index contributed by atoms with van der Waals surface area (Å²) in [5, 5.41) is 6.15. The van der Waals surface area contributed by atoms with Crippen molar-refractivity contribution in [3.05, 3.63) is 29.3 Å². The molecule has 1 aromatic carbocycles. The van der Waals surface area contributed by atoms with E-state index in [1.54, 1.807) is 7.11 Å². The van der Waals surface area contributed by atoms with Gasteiger partial charge < -0.3 is 15.4 Å². The van der Waals surface area contributed by atoms with Crippen molar-refractivity contribution in [2.24, 2.45) is 0 Å². The van der Waals surface area contributed by atoms with Gasteiger partial charge in [0.15, 0.2) is 0 Å². The quantitative estimate of drug-likeness (QED) is 0.850.